The Morgan fingerprint density at radius 1 is 1.18 bits per heavy atom. The number of hydrazine groups is 1. The summed E-state index contributed by atoms with van der Waals surface area (Å²) < 4.78 is 59.8. The Hall–Kier alpha value is -2.47. The van der Waals surface area contributed by atoms with Gasteiger partial charge in [-0.25, -0.2) is 27.8 Å². The molecule has 3 fully saturated rings. The summed E-state index contributed by atoms with van der Waals surface area (Å²) in [6, 6.07) is 2.11. The summed E-state index contributed by atoms with van der Waals surface area (Å²) in [7, 11) is 0. The monoisotopic (exact) mass is 488 g/mol. The molecule has 12 heteroatoms. The molecule has 1 saturated carbocycles. The molecular formula is C21H24F4N4O3S. The smallest absolute Gasteiger partial charge is 0.414 e. The minimum Gasteiger partial charge on any atom is -0.444 e. The maximum Gasteiger partial charge on any atom is 0.414 e. The second kappa shape index (κ2) is 9.80. The highest BCUT2D eigenvalue weighted by atomic mass is 32.1. The van der Waals surface area contributed by atoms with Crippen molar-refractivity contribution in [2.45, 2.75) is 38.2 Å². The molecule has 1 amide bonds. The van der Waals surface area contributed by atoms with Crippen LogP contribution in [0.5, 0.6) is 0 Å². The lowest BCUT2D eigenvalue weighted by atomic mass is 10.1. The number of halogens is 4. The lowest BCUT2D eigenvalue weighted by molar-refractivity contribution is -0.129. The van der Waals surface area contributed by atoms with Crippen LogP contribution in [-0.4, -0.2) is 67.1 Å². The van der Waals surface area contributed by atoms with Crippen molar-refractivity contribution >= 4 is 40.5 Å². The number of thiocarbonyl (C=S) groups is 1. The van der Waals surface area contributed by atoms with E-state index in [1.165, 1.54) is 0 Å². The molecule has 2 aliphatic heterocycles. The van der Waals surface area contributed by atoms with Crippen molar-refractivity contribution in [3.8, 4) is 0 Å². The Morgan fingerprint density at radius 2 is 1.88 bits per heavy atom. The van der Waals surface area contributed by atoms with Gasteiger partial charge in [-0.05, 0) is 19.3 Å². The van der Waals surface area contributed by atoms with Gasteiger partial charge in [0, 0.05) is 44.1 Å². The van der Waals surface area contributed by atoms with Crippen molar-refractivity contribution in [1.82, 2.24) is 10.4 Å². The van der Waals surface area contributed by atoms with Gasteiger partial charge in [-0.1, -0.05) is 12.2 Å². The molecule has 1 aromatic carbocycles. The van der Waals surface area contributed by atoms with E-state index in [9.17, 15) is 27.2 Å². The van der Waals surface area contributed by atoms with Crippen LogP contribution in [0.2, 0.25) is 0 Å². The number of cyclic esters (lactones) is 1. The highest BCUT2D eigenvalue weighted by Gasteiger charge is 2.35. The number of alkyl halides is 2. The summed E-state index contributed by atoms with van der Waals surface area (Å²) in [4.78, 5) is 26.7. The van der Waals surface area contributed by atoms with Gasteiger partial charge in [0.2, 0.25) is 0 Å². The van der Waals surface area contributed by atoms with Crippen LogP contribution in [0.3, 0.4) is 0 Å². The van der Waals surface area contributed by atoms with Crippen LogP contribution in [0, 0.1) is 17.6 Å². The molecule has 1 aromatic rings. The fourth-order valence-electron chi connectivity index (χ4n) is 4.00. The zero-order valence-electron chi connectivity index (χ0n) is 17.7. The molecular weight excluding hydrogens is 464 g/mol. The summed E-state index contributed by atoms with van der Waals surface area (Å²) >= 11 is 5.46. The molecule has 4 rings (SSSR count). The number of hydrogen-bond donors (Lipinski definition) is 1. The predicted molar refractivity (Wildman–Crippen MR) is 116 cm³/mol. The molecule has 0 spiro atoms. The van der Waals surface area contributed by atoms with Crippen LogP contribution >= 0.6 is 12.2 Å². The minimum absolute atomic E-state index is 0.0362. The number of hydrogen-bond acceptors (Lipinski definition) is 6. The fraction of sp³-hybridized carbons (Fsp3) is 0.571. The maximum atomic E-state index is 15.0. The SMILES string of the molecule is O=C(CC[C@H]1CN(c2cc(F)c(N3CCNN(C(=S)C4CC4)CC3)c(F)c2)C(=O)O1)C(F)F. The number of anilines is 2. The quantitative estimate of drug-likeness (QED) is 0.467. The van der Waals surface area contributed by atoms with Gasteiger partial charge < -0.3 is 9.64 Å². The molecule has 1 atom stereocenters. The fourth-order valence-corrected chi connectivity index (χ4v) is 4.39. The minimum atomic E-state index is -3.08. The van der Waals surface area contributed by atoms with Gasteiger partial charge in [0.25, 0.3) is 6.43 Å². The number of benzene rings is 1. The van der Waals surface area contributed by atoms with Gasteiger partial charge >= 0.3 is 6.09 Å². The van der Waals surface area contributed by atoms with Crippen LogP contribution < -0.4 is 15.2 Å². The Labute approximate surface area is 193 Å². The van der Waals surface area contributed by atoms with Crippen LogP contribution in [-0.2, 0) is 9.53 Å². The summed E-state index contributed by atoms with van der Waals surface area (Å²) in [6.45, 7) is 1.58. The molecule has 180 valence electrons. The molecule has 33 heavy (non-hydrogen) atoms. The number of amides is 1. The Kier molecular flexibility index (Phi) is 7.03. The van der Waals surface area contributed by atoms with Crippen molar-refractivity contribution in [1.29, 1.82) is 0 Å². The Morgan fingerprint density at radius 3 is 2.52 bits per heavy atom. The highest BCUT2D eigenvalue weighted by Crippen LogP contribution is 2.33. The molecule has 0 unspecified atom stereocenters. The van der Waals surface area contributed by atoms with Crippen molar-refractivity contribution in [3.05, 3.63) is 23.8 Å². The number of Topliss-reactive ketones (excluding diaryl/α,β-unsaturated/α-hetero) is 1. The van der Waals surface area contributed by atoms with E-state index in [0.29, 0.717) is 32.1 Å². The second-order valence-corrected chi connectivity index (χ2v) is 8.76. The number of carbonyl (C=O) groups is 2. The maximum absolute atomic E-state index is 15.0. The van der Waals surface area contributed by atoms with Crippen molar-refractivity contribution in [2.75, 3.05) is 42.5 Å². The van der Waals surface area contributed by atoms with Crippen LogP contribution in [0.15, 0.2) is 12.1 Å². The summed E-state index contributed by atoms with van der Waals surface area (Å²) in [6.07, 6.45) is -3.16. The number of carbonyl (C=O) groups excluding carboxylic acids is 2. The third kappa shape index (κ3) is 5.37. The summed E-state index contributed by atoms with van der Waals surface area (Å²) in [5, 5.41) is 1.87. The zero-order valence-corrected chi connectivity index (χ0v) is 18.6. The number of rotatable bonds is 7. The average molecular weight is 489 g/mol. The van der Waals surface area contributed by atoms with E-state index in [2.05, 4.69) is 5.43 Å². The first-order chi connectivity index (χ1) is 15.7. The average Bonchev–Trinajstić information content (AvgIpc) is 3.57. The number of nitrogens with zero attached hydrogens (tertiary/aromatic N) is 3. The summed E-state index contributed by atoms with van der Waals surface area (Å²) in [5.74, 6) is -2.50. The standard InChI is InChI=1S/C21H24F4N4O3S/c22-15-9-13(28-11-14(32-21(28)31)3-4-17(30)19(24)25)10-16(23)18(15)27-6-5-26-29(8-7-27)20(33)12-1-2-12/h9-10,12,14,19,26H,1-8,11H2/t14-/m0/s1. The number of nitrogens with one attached hydrogen (secondary N) is 1. The Balaban J connectivity index is 1.42. The molecule has 0 bridgehead atoms. The van der Waals surface area contributed by atoms with Crippen molar-refractivity contribution in [2.24, 2.45) is 5.92 Å². The third-order valence-electron chi connectivity index (χ3n) is 5.93. The third-order valence-corrected chi connectivity index (χ3v) is 6.48. The van der Waals surface area contributed by atoms with E-state index in [1.807, 2.05) is 5.01 Å². The van der Waals surface area contributed by atoms with E-state index < -0.39 is 42.5 Å². The van der Waals surface area contributed by atoms with E-state index in [4.69, 9.17) is 17.0 Å². The van der Waals surface area contributed by atoms with Gasteiger partial charge in [0.1, 0.15) is 11.8 Å². The lowest BCUT2D eigenvalue weighted by Crippen LogP contribution is -2.43. The van der Waals surface area contributed by atoms with Crippen LogP contribution in [0.25, 0.3) is 0 Å². The Bertz CT molecular complexity index is 923. The van der Waals surface area contributed by atoms with Gasteiger partial charge in [0.05, 0.1) is 23.8 Å². The first-order valence-corrected chi connectivity index (χ1v) is 11.2. The second-order valence-electron chi connectivity index (χ2n) is 8.34. The van der Waals surface area contributed by atoms with E-state index in [-0.39, 0.29) is 24.3 Å². The molecule has 0 radical (unpaired) electrons. The van der Waals surface area contributed by atoms with Crippen LogP contribution in [0.1, 0.15) is 25.7 Å². The van der Waals surface area contributed by atoms with E-state index in [1.54, 1.807) is 4.90 Å². The highest BCUT2D eigenvalue weighted by molar-refractivity contribution is 7.80. The first kappa shape index (κ1) is 23.7. The molecule has 2 saturated heterocycles. The molecule has 1 N–H and O–H groups in total. The van der Waals surface area contributed by atoms with E-state index in [0.717, 1.165) is 34.9 Å². The normalized spacial score (nSPS) is 21.4. The number of ether oxygens (including phenoxy) is 1. The van der Waals surface area contributed by atoms with Crippen LogP contribution in [0.4, 0.5) is 33.7 Å². The molecule has 3 aliphatic rings. The van der Waals surface area contributed by atoms with Crippen molar-refractivity contribution < 1.29 is 31.9 Å². The van der Waals surface area contributed by atoms with Gasteiger partial charge in [-0.15, -0.1) is 0 Å². The predicted octanol–water partition coefficient (Wildman–Crippen LogP) is 3.27. The topological polar surface area (TPSA) is 65.1 Å². The van der Waals surface area contributed by atoms with Gasteiger partial charge in [0.15, 0.2) is 17.4 Å². The largest absolute Gasteiger partial charge is 0.444 e. The van der Waals surface area contributed by atoms with E-state index >= 15 is 0 Å². The van der Waals surface area contributed by atoms with Gasteiger partial charge in [-0.3, -0.25) is 14.7 Å². The molecule has 1 aliphatic carbocycles. The molecule has 7 nitrogen and oxygen atoms in total. The number of ketones is 1. The zero-order chi connectivity index (χ0) is 23.7. The molecule has 0 aromatic heterocycles. The molecule has 2 heterocycles. The first-order valence-electron chi connectivity index (χ1n) is 10.8. The lowest BCUT2D eigenvalue weighted by Gasteiger charge is -2.25. The summed E-state index contributed by atoms with van der Waals surface area (Å²) in [5.41, 5.74) is 2.98. The van der Waals surface area contributed by atoms with Crippen molar-refractivity contribution in [3.63, 3.8) is 0 Å². The van der Waals surface area contributed by atoms with Gasteiger partial charge in [-0.2, -0.15) is 0 Å².